The van der Waals surface area contributed by atoms with Crippen LogP contribution in [0.3, 0.4) is 0 Å². The van der Waals surface area contributed by atoms with Gasteiger partial charge in [-0.1, -0.05) is 43.7 Å². The van der Waals surface area contributed by atoms with Gasteiger partial charge in [-0.2, -0.15) is 16.5 Å². The van der Waals surface area contributed by atoms with E-state index in [-0.39, 0.29) is 114 Å². The summed E-state index contributed by atoms with van der Waals surface area (Å²) in [6.07, 6.45) is 16.8. The number of primary sulfonamides is 1. The van der Waals surface area contributed by atoms with Crippen LogP contribution in [0.15, 0.2) is 94.8 Å². The number of carbonyl (C=O) groups excluding carboxylic acids is 4. The van der Waals surface area contributed by atoms with Crippen LogP contribution in [-0.4, -0.2) is 147 Å². The summed E-state index contributed by atoms with van der Waals surface area (Å²) in [6.45, 7) is 9.77. The molecule has 6 N–H and O–H groups in total. The van der Waals surface area contributed by atoms with Gasteiger partial charge < -0.3 is 58.5 Å². The first-order chi connectivity index (χ1) is 44.7. The average Bonchev–Trinajstić information content (AvgIpc) is 1.65. The molecule has 1 saturated heterocycles. The first-order valence-corrected chi connectivity index (χ1v) is 36.2. The molecule has 22 nitrogen and oxygen atoms in total. The van der Waals surface area contributed by atoms with Crippen molar-refractivity contribution in [1.29, 1.82) is 0 Å². The number of aliphatic carboxylic acids is 1. The third-order valence-corrected chi connectivity index (χ3v) is 25.3. The number of hydrogen-bond donors (Lipinski definition) is 5. The summed E-state index contributed by atoms with van der Waals surface area (Å²) in [5, 5.41) is 31.4. The van der Waals surface area contributed by atoms with E-state index >= 15 is 0 Å². The van der Waals surface area contributed by atoms with Gasteiger partial charge in [0.05, 0.1) is 70.0 Å². The minimum Gasteiger partial charge on any atom is -0.550 e. The van der Waals surface area contributed by atoms with Gasteiger partial charge in [0.15, 0.2) is 17.3 Å². The fraction of sp³-hybridized carbons (Fsp3) is 0.529. The normalized spacial score (nSPS) is 29.9. The maximum atomic E-state index is 13.4. The van der Waals surface area contributed by atoms with Crippen LogP contribution in [0.4, 0.5) is 5.69 Å². The molecular formula is C68H85ClKN5O17S3. The molecule has 95 heavy (non-hydrogen) atoms. The number of hydrogen-bond acceptors (Lipinski definition) is 20. The van der Waals surface area contributed by atoms with Gasteiger partial charge in [-0.25, -0.2) is 26.8 Å². The van der Waals surface area contributed by atoms with Crippen LogP contribution >= 0.6 is 23.4 Å². The van der Waals surface area contributed by atoms with Gasteiger partial charge in [-0.15, -0.1) is 6.58 Å². The van der Waals surface area contributed by atoms with Crippen LogP contribution in [0.25, 0.3) is 17.0 Å². The summed E-state index contributed by atoms with van der Waals surface area (Å²) in [4.78, 5) is 55.0. The number of carboxylic acids is 1. The van der Waals surface area contributed by atoms with Gasteiger partial charge >= 0.3 is 63.3 Å². The molecule has 13 atom stereocenters. The number of esters is 2. The van der Waals surface area contributed by atoms with Gasteiger partial charge in [0.1, 0.15) is 27.7 Å². The van der Waals surface area contributed by atoms with Gasteiger partial charge in [-0.3, -0.25) is 14.5 Å². The van der Waals surface area contributed by atoms with Crippen LogP contribution in [0, 0.1) is 46.3 Å². The number of carbonyl (C=O) groups is 4. The van der Waals surface area contributed by atoms with Gasteiger partial charge in [0, 0.05) is 72.8 Å². The standard InChI is InChI=1S/C35H42N2O9.C22H30O4.C11H14ClN3O4S3.K/c1-40-21-8-9-22-23-11-12-37-18-20-15-29(46-30(38)10-7-19-13-27(41-2)33(43-4)28(14-19)42-3)34(44-5)31(35(39)45-6)24(20)17-26(37)32(23)36-25(22)16-21;1-20-9-5-15(23)13-14(20)3-4-16-17(20)6-10-21(2)18(16)7-11-22(21,26)12-8-19(24)25;1-2-3-20-6-11-14-8-4-7(12)9(21(13,16)17)5-10(8)22(18,19)15-11;/h7-10,13-14,16,20,24,26,29,31,34,36H,11-12,15,17-18H2,1-6H3;3-4,13,16-18,26H,5-12H2,1-2H3,(H,24,25);2,4-5,11,14-15H,1,3,6H2,(H2,13,16,17);/q;;;+1/p-1/b10-7+;;;/t20-,24+,26-,29-,31+,34+;16?,17?,18?,20-,21-,22+;;/m10../s1. The zero-order chi connectivity index (χ0) is 67.8. The summed E-state index contributed by atoms with van der Waals surface area (Å²) in [5.74, 6) is 2.47. The van der Waals surface area contributed by atoms with Crippen molar-refractivity contribution in [2.24, 2.45) is 51.5 Å². The number of aliphatic hydroxyl groups is 1. The molecule has 4 unspecified atom stereocenters. The predicted molar refractivity (Wildman–Crippen MR) is 354 cm³/mol. The number of benzene rings is 3. The number of piperidine rings is 1. The SMILES string of the molecule is C=CCSCC1Nc2cc(Cl)c(S(N)(=O)=O)cc2S(=O)(=O)N1.COC(=O)[C@H]1[C@H]2C[C@@H]3c4[nH]c5cc(OC)ccc5c4CCN3C[C@H]2C[C@@H](OC(=O)/C=C/c2cc(OC)c(OC)c(OC)c2)[C@@H]1OC.C[C@]12CCC(=O)C=C1C=CC1C2CC[C@@]2(C)C1CC[C@@]2(O)CCC(=O)[O-].[K+]. The molecular weight excluding hydrogens is 1330 g/mol. The molecule has 510 valence electrons. The van der Waals surface area contributed by atoms with E-state index in [0.717, 1.165) is 68.9 Å². The molecule has 27 heteroatoms. The first kappa shape index (κ1) is 74.4. The van der Waals surface area contributed by atoms with Crippen LogP contribution in [0.1, 0.15) is 101 Å². The van der Waals surface area contributed by atoms with Gasteiger partial charge in [-0.05, 0) is 170 Å². The molecule has 4 heterocycles. The van der Waals surface area contributed by atoms with Crippen LogP contribution < -0.4 is 90.6 Å². The number of sulfonamides is 2. The first-order valence-electron chi connectivity index (χ1n) is 31.6. The second-order valence-electron chi connectivity index (χ2n) is 26.1. The number of aromatic nitrogens is 1. The number of ether oxygens (including phenoxy) is 7. The van der Waals surface area contributed by atoms with E-state index in [0.29, 0.717) is 77.8 Å². The van der Waals surface area contributed by atoms with E-state index in [1.165, 1.54) is 74.6 Å². The molecule has 0 radical (unpaired) electrons. The Kier molecular flexibility index (Phi) is 23.8. The summed E-state index contributed by atoms with van der Waals surface area (Å²) >= 11 is 7.37. The number of fused-ring (bicyclic) bond motifs is 12. The van der Waals surface area contributed by atoms with Crippen molar-refractivity contribution in [1.82, 2.24) is 14.6 Å². The second-order valence-corrected chi connectivity index (χ2v) is 30.8. The van der Waals surface area contributed by atoms with Crippen molar-refractivity contribution in [3.05, 3.63) is 107 Å². The maximum Gasteiger partial charge on any atom is 1.00 e. The van der Waals surface area contributed by atoms with Crippen molar-refractivity contribution in [2.45, 2.75) is 124 Å². The fourth-order valence-corrected chi connectivity index (χ4v) is 19.9. The Morgan fingerprint density at radius 1 is 0.958 bits per heavy atom. The number of allylic oxidation sites excluding steroid dienone is 4. The Hall–Kier alpha value is -4.78. The minimum absolute atomic E-state index is 0. The number of carboxylic acid groups (broad SMARTS) is 1. The van der Waals surface area contributed by atoms with Gasteiger partial charge in [0.25, 0.3) is 0 Å². The van der Waals surface area contributed by atoms with Crippen molar-refractivity contribution in [2.75, 3.05) is 72.6 Å². The maximum absolute atomic E-state index is 13.4. The topological polar surface area (TPSA) is 314 Å². The number of nitrogens with one attached hydrogen (secondary N) is 3. The number of halogens is 1. The van der Waals surface area contributed by atoms with Crippen molar-refractivity contribution in [3.63, 3.8) is 0 Å². The Balaban J connectivity index is 0.000000183. The van der Waals surface area contributed by atoms with Crippen LogP contribution in [-0.2, 0) is 59.9 Å². The Morgan fingerprint density at radius 3 is 2.34 bits per heavy atom. The molecule has 5 aliphatic carbocycles. The number of nitrogens with two attached hydrogens (primary N) is 1. The largest absolute Gasteiger partial charge is 1.00 e. The number of ketones is 1. The number of aromatic amines is 1. The predicted octanol–water partition coefficient (Wildman–Crippen LogP) is 5.07. The Bertz CT molecular complexity index is 3900. The molecule has 3 aromatic carbocycles. The Labute approximate surface area is 607 Å². The number of H-pyrrole nitrogens is 1. The molecule has 0 bridgehead atoms. The number of thioether (sulfide) groups is 1. The third-order valence-electron chi connectivity index (χ3n) is 21.3. The number of nitrogens with zero attached hydrogens (tertiary/aromatic N) is 1. The van der Waals surface area contributed by atoms with Crippen LogP contribution in [0.2, 0.25) is 5.02 Å². The van der Waals surface area contributed by atoms with Crippen molar-refractivity contribution in [3.8, 4) is 23.0 Å². The molecule has 4 aromatic rings. The summed E-state index contributed by atoms with van der Waals surface area (Å²) in [5.41, 5.74) is 4.59. The zero-order valence-electron chi connectivity index (χ0n) is 55.2. The molecule has 12 rings (SSSR count). The Morgan fingerprint density at radius 2 is 1.68 bits per heavy atom. The number of rotatable bonds is 17. The molecule has 4 fully saturated rings. The van der Waals surface area contributed by atoms with Crippen molar-refractivity contribution < 1.29 is 131 Å². The van der Waals surface area contributed by atoms with Gasteiger partial charge in [0.2, 0.25) is 25.8 Å². The summed E-state index contributed by atoms with van der Waals surface area (Å²) in [7, 11) is 1.26. The monoisotopic (exact) mass is 1410 g/mol. The number of methoxy groups -OCH3 is 6. The smallest absolute Gasteiger partial charge is 0.550 e. The summed E-state index contributed by atoms with van der Waals surface area (Å²) < 4.78 is 88.8. The van der Waals surface area contributed by atoms with E-state index in [1.54, 1.807) is 38.5 Å². The molecule has 8 aliphatic rings. The average molecular weight is 1420 g/mol. The van der Waals surface area contributed by atoms with E-state index in [2.05, 4.69) is 58.6 Å². The van der Waals surface area contributed by atoms with Crippen LogP contribution in [0.5, 0.6) is 23.0 Å². The third kappa shape index (κ3) is 15.1. The molecule has 0 amide bonds. The molecule has 1 aromatic heterocycles. The number of anilines is 1. The van der Waals surface area contributed by atoms with E-state index in [9.17, 15) is 46.2 Å². The molecule has 3 aliphatic heterocycles. The van der Waals surface area contributed by atoms with E-state index in [1.807, 2.05) is 18.2 Å². The fourth-order valence-electron chi connectivity index (χ4n) is 16.6. The molecule has 0 spiro atoms. The van der Waals surface area contributed by atoms with Crippen molar-refractivity contribution >= 4 is 89.8 Å². The van der Waals surface area contributed by atoms with E-state index in [4.69, 9.17) is 49.9 Å². The molecule has 3 saturated carbocycles. The summed E-state index contributed by atoms with van der Waals surface area (Å²) in [6, 6.07) is 12.0. The minimum atomic E-state index is -4.12. The second kappa shape index (κ2) is 30.4. The quantitative estimate of drug-likeness (QED) is 0.0303. The van der Waals surface area contributed by atoms with E-state index < -0.39 is 66.8 Å². The zero-order valence-corrected chi connectivity index (χ0v) is 61.5.